The van der Waals surface area contributed by atoms with Crippen LogP contribution in [0.5, 0.6) is 0 Å². The van der Waals surface area contributed by atoms with Crippen molar-refractivity contribution in [2.45, 2.75) is 18.4 Å². The molecule has 16 heavy (non-hydrogen) atoms. The highest BCUT2D eigenvalue weighted by atomic mass is 15.1. The third-order valence-corrected chi connectivity index (χ3v) is 3.19. The van der Waals surface area contributed by atoms with Crippen LogP contribution in [0.3, 0.4) is 0 Å². The molecule has 0 spiro atoms. The molecule has 1 aromatic heterocycles. The van der Waals surface area contributed by atoms with Gasteiger partial charge in [0.1, 0.15) is 0 Å². The number of hydrogen-bond acceptors (Lipinski definition) is 3. The van der Waals surface area contributed by atoms with Gasteiger partial charge >= 0.3 is 0 Å². The van der Waals surface area contributed by atoms with Crippen molar-refractivity contribution < 1.29 is 0 Å². The topological polar surface area (TPSA) is 42.1 Å². The Bertz CT molecular complexity index is 441. The van der Waals surface area contributed by atoms with Gasteiger partial charge in [0.2, 0.25) is 0 Å². The van der Waals surface area contributed by atoms with Gasteiger partial charge < -0.3 is 10.6 Å². The second-order valence-corrected chi connectivity index (χ2v) is 4.48. The van der Waals surface area contributed by atoms with Crippen molar-refractivity contribution in [1.82, 2.24) is 4.98 Å². The van der Waals surface area contributed by atoms with Crippen LogP contribution in [0.4, 0.5) is 5.69 Å². The van der Waals surface area contributed by atoms with Gasteiger partial charge in [-0.1, -0.05) is 12.2 Å². The molecule has 1 fully saturated rings. The third kappa shape index (κ3) is 1.63. The fraction of sp³-hybridized carbons (Fsp3) is 0.308. The van der Waals surface area contributed by atoms with Gasteiger partial charge in [-0.25, -0.2) is 0 Å². The van der Waals surface area contributed by atoms with Crippen LogP contribution < -0.4 is 10.6 Å². The summed E-state index contributed by atoms with van der Waals surface area (Å²) in [6, 6.07) is 4.15. The number of pyridine rings is 1. The SMILES string of the molecule is NC1(c2ccc(N3C=CC=CC3)cn2)CC1. The van der Waals surface area contributed by atoms with E-state index < -0.39 is 0 Å². The van der Waals surface area contributed by atoms with Crippen LogP contribution in [-0.2, 0) is 5.54 Å². The van der Waals surface area contributed by atoms with E-state index in [9.17, 15) is 0 Å². The first-order chi connectivity index (χ1) is 7.78. The molecule has 0 radical (unpaired) electrons. The predicted octanol–water partition coefficient (Wildman–Crippen LogP) is 1.92. The quantitative estimate of drug-likeness (QED) is 0.816. The summed E-state index contributed by atoms with van der Waals surface area (Å²) in [7, 11) is 0. The second kappa shape index (κ2) is 3.46. The molecule has 2 heterocycles. The zero-order chi connectivity index (χ0) is 11.0. The molecule has 1 aromatic rings. The Hall–Kier alpha value is -1.61. The summed E-state index contributed by atoms with van der Waals surface area (Å²) in [5, 5.41) is 0. The Morgan fingerprint density at radius 2 is 2.12 bits per heavy atom. The average molecular weight is 213 g/mol. The second-order valence-electron chi connectivity index (χ2n) is 4.48. The van der Waals surface area contributed by atoms with E-state index in [1.165, 1.54) is 0 Å². The number of nitrogens with zero attached hydrogens (tertiary/aromatic N) is 2. The van der Waals surface area contributed by atoms with Crippen molar-refractivity contribution in [3.05, 3.63) is 48.5 Å². The van der Waals surface area contributed by atoms with Gasteiger partial charge in [0, 0.05) is 12.7 Å². The first-order valence-electron chi connectivity index (χ1n) is 5.63. The fourth-order valence-electron chi connectivity index (χ4n) is 1.90. The van der Waals surface area contributed by atoms with Crippen LogP contribution in [0.15, 0.2) is 42.8 Å². The molecule has 3 heteroatoms. The lowest BCUT2D eigenvalue weighted by Crippen LogP contribution is -2.21. The van der Waals surface area contributed by atoms with E-state index in [1.54, 1.807) is 0 Å². The lowest BCUT2D eigenvalue weighted by molar-refractivity contribution is 0.707. The number of allylic oxidation sites excluding steroid dienone is 2. The van der Waals surface area contributed by atoms with Crippen molar-refractivity contribution in [2.24, 2.45) is 5.73 Å². The molecule has 1 saturated carbocycles. The normalized spacial score (nSPS) is 21.2. The van der Waals surface area contributed by atoms with Crippen LogP contribution >= 0.6 is 0 Å². The van der Waals surface area contributed by atoms with E-state index in [1.807, 2.05) is 12.3 Å². The summed E-state index contributed by atoms with van der Waals surface area (Å²) in [6.45, 7) is 0.908. The third-order valence-electron chi connectivity index (χ3n) is 3.19. The average Bonchev–Trinajstić information content (AvgIpc) is 3.10. The zero-order valence-corrected chi connectivity index (χ0v) is 9.13. The van der Waals surface area contributed by atoms with Crippen LogP contribution in [0.2, 0.25) is 0 Å². The van der Waals surface area contributed by atoms with Gasteiger partial charge in [-0.3, -0.25) is 4.98 Å². The Kier molecular flexibility index (Phi) is 2.07. The minimum atomic E-state index is -0.129. The maximum absolute atomic E-state index is 6.10. The van der Waals surface area contributed by atoms with Crippen molar-refractivity contribution in [3.8, 4) is 0 Å². The summed E-state index contributed by atoms with van der Waals surface area (Å²) < 4.78 is 0. The molecule has 3 rings (SSSR count). The van der Waals surface area contributed by atoms with Gasteiger partial charge in [0.15, 0.2) is 0 Å². The van der Waals surface area contributed by atoms with Crippen LogP contribution in [0, 0.1) is 0 Å². The molecule has 0 saturated heterocycles. The molecule has 2 N–H and O–H groups in total. The smallest absolute Gasteiger partial charge is 0.0604 e. The minimum absolute atomic E-state index is 0.129. The first-order valence-corrected chi connectivity index (χ1v) is 5.63. The van der Waals surface area contributed by atoms with E-state index in [4.69, 9.17) is 5.73 Å². The molecule has 0 atom stereocenters. The van der Waals surface area contributed by atoms with Crippen molar-refractivity contribution in [1.29, 1.82) is 0 Å². The molecule has 2 aliphatic rings. The molecule has 0 unspecified atom stereocenters. The molecule has 1 aliphatic carbocycles. The summed E-state index contributed by atoms with van der Waals surface area (Å²) in [5.74, 6) is 0. The highest BCUT2D eigenvalue weighted by Crippen LogP contribution is 2.41. The largest absolute Gasteiger partial charge is 0.343 e. The van der Waals surface area contributed by atoms with E-state index in [-0.39, 0.29) is 5.54 Å². The first kappa shape index (κ1) is 9.60. The van der Waals surface area contributed by atoms with Crippen LogP contribution in [-0.4, -0.2) is 11.5 Å². The van der Waals surface area contributed by atoms with Crippen molar-refractivity contribution in [3.63, 3.8) is 0 Å². The van der Waals surface area contributed by atoms with E-state index >= 15 is 0 Å². The monoisotopic (exact) mass is 213 g/mol. The van der Waals surface area contributed by atoms with Gasteiger partial charge in [-0.2, -0.15) is 0 Å². The summed E-state index contributed by atoms with van der Waals surface area (Å²) >= 11 is 0. The number of aromatic nitrogens is 1. The van der Waals surface area contributed by atoms with Gasteiger partial charge in [-0.15, -0.1) is 0 Å². The van der Waals surface area contributed by atoms with E-state index in [0.29, 0.717) is 0 Å². The van der Waals surface area contributed by atoms with Crippen molar-refractivity contribution >= 4 is 5.69 Å². The molecular formula is C13H15N3. The molecule has 0 aromatic carbocycles. The molecule has 1 aliphatic heterocycles. The maximum atomic E-state index is 6.10. The van der Waals surface area contributed by atoms with E-state index in [2.05, 4.69) is 40.4 Å². The Morgan fingerprint density at radius 3 is 2.69 bits per heavy atom. The molecule has 0 bridgehead atoms. The Balaban J connectivity index is 1.82. The minimum Gasteiger partial charge on any atom is -0.343 e. The molecule has 3 nitrogen and oxygen atoms in total. The number of anilines is 1. The van der Waals surface area contributed by atoms with Gasteiger partial charge in [0.05, 0.1) is 23.1 Å². The standard InChI is InChI=1S/C13H15N3/c14-13(6-7-13)12-5-4-11(10-15-12)16-8-2-1-3-9-16/h1-5,8,10H,6-7,9,14H2. The highest BCUT2D eigenvalue weighted by molar-refractivity contribution is 5.50. The molecule has 82 valence electrons. The van der Waals surface area contributed by atoms with Crippen LogP contribution in [0.1, 0.15) is 18.5 Å². The number of nitrogens with two attached hydrogens (primary N) is 1. The van der Waals surface area contributed by atoms with Crippen LogP contribution in [0.25, 0.3) is 0 Å². The lowest BCUT2D eigenvalue weighted by Gasteiger charge is -2.20. The summed E-state index contributed by atoms with van der Waals surface area (Å²) in [4.78, 5) is 6.62. The number of rotatable bonds is 2. The molecule has 0 amide bonds. The summed E-state index contributed by atoms with van der Waals surface area (Å²) in [5.41, 5.74) is 8.11. The van der Waals surface area contributed by atoms with E-state index in [0.717, 1.165) is 30.8 Å². The van der Waals surface area contributed by atoms with Gasteiger partial charge in [-0.05, 0) is 31.1 Å². The number of hydrogen-bond donors (Lipinski definition) is 1. The summed E-state index contributed by atoms with van der Waals surface area (Å²) in [6.07, 6.45) is 12.3. The Morgan fingerprint density at radius 1 is 1.25 bits per heavy atom. The maximum Gasteiger partial charge on any atom is 0.0604 e. The highest BCUT2D eigenvalue weighted by Gasteiger charge is 2.41. The fourth-order valence-corrected chi connectivity index (χ4v) is 1.90. The Labute approximate surface area is 95.3 Å². The molecular weight excluding hydrogens is 198 g/mol. The zero-order valence-electron chi connectivity index (χ0n) is 9.13. The van der Waals surface area contributed by atoms with Gasteiger partial charge in [0.25, 0.3) is 0 Å². The lowest BCUT2D eigenvalue weighted by atomic mass is 10.1. The predicted molar refractivity (Wildman–Crippen MR) is 65.0 cm³/mol. The van der Waals surface area contributed by atoms with Crippen molar-refractivity contribution in [2.75, 3.05) is 11.4 Å².